The average molecular weight is 357 g/mol. The predicted molar refractivity (Wildman–Crippen MR) is 91.3 cm³/mol. The van der Waals surface area contributed by atoms with Gasteiger partial charge in [-0.15, -0.1) is 12.4 Å². The van der Waals surface area contributed by atoms with E-state index in [2.05, 4.69) is 15.0 Å². The molecule has 3 rings (SSSR count). The van der Waals surface area contributed by atoms with Crippen LogP contribution in [0, 0.1) is 0 Å². The summed E-state index contributed by atoms with van der Waals surface area (Å²) in [6, 6.07) is 5.64. The first-order valence-corrected chi connectivity index (χ1v) is 7.58. The number of halogens is 2. The standard InChI is InChI=1S/C16H17ClN2O3.ClH/c1-22-15(21)8-10(20)7-14-16-11(4-5-18-14)12-6-9(17)2-3-13(12)19-16;/h2-3,6,14,18-19H,4-5,7-8H2,1H3;1H. The number of ether oxygens (including phenoxy) is 1. The Labute approximate surface area is 145 Å². The SMILES string of the molecule is COC(=O)CC(=O)CC1NCCc2c1[nH]c1ccc(Cl)cc21.Cl. The van der Waals surface area contributed by atoms with E-state index in [1.54, 1.807) is 0 Å². The minimum absolute atomic E-state index is 0. The van der Waals surface area contributed by atoms with Crippen LogP contribution >= 0.6 is 24.0 Å². The number of rotatable bonds is 4. The van der Waals surface area contributed by atoms with Crippen molar-refractivity contribution in [3.8, 4) is 0 Å². The third-order valence-corrected chi connectivity index (χ3v) is 4.25. The van der Waals surface area contributed by atoms with E-state index in [9.17, 15) is 9.59 Å². The highest BCUT2D eigenvalue weighted by molar-refractivity contribution is 6.31. The van der Waals surface area contributed by atoms with Crippen molar-refractivity contribution in [3.05, 3.63) is 34.5 Å². The van der Waals surface area contributed by atoms with Gasteiger partial charge >= 0.3 is 5.97 Å². The number of Topliss-reactive ketones (excluding diaryl/α,β-unsaturated/α-hetero) is 1. The molecule has 0 bridgehead atoms. The number of hydrogen-bond acceptors (Lipinski definition) is 4. The smallest absolute Gasteiger partial charge is 0.313 e. The lowest BCUT2D eigenvalue weighted by Crippen LogP contribution is -2.31. The molecule has 0 saturated carbocycles. The first-order chi connectivity index (χ1) is 10.6. The number of hydrogen-bond donors (Lipinski definition) is 2. The maximum atomic E-state index is 12.0. The van der Waals surface area contributed by atoms with Gasteiger partial charge in [-0.25, -0.2) is 0 Å². The number of methoxy groups -OCH3 is 1. The largest absolute Gasteiger partial charge is 0.469 e. The Morgan fingerprint density at radius 1 is 1.39 bits per heavy atom. The van der Waals surface area contributed by atoms with E-state index in [1.807, 2.05) is 18.2 Å². The van der Waals surface area contributed by atoms with Gasteiger partial charge in [-0.2, -0.15) is 0 Å². The molecule has 0 aliphatic carbocycles. The molecule has 1 unspecified atom stereocenters. The summed E-state index contributed by atoms with van der Waals surface area (Å²) in [6.07, 6.45) is 0.968. The van der Waals surface area contributed by atoms with Crippen molar-refractivity contribution in [1.82, 2.24) is 10.3 Å². The monoisotopic (exact) mass is 356 g/mol. The summed E-state index contributed by atoms with van der Waals surface area (Å²) >= 11 is 6.08. The molecule has 1 aliphatic rings. The first kappa shape index (κ1) is 17.8. The molecule has 0 amide bonds. The van der Waals surface area contributed by atoms with Crippen LogP contribution in [0.5, 0.6) is 0 Å². The number of esters is 1. The molecule has 0 saturated heterocycles. The third-order valence-electron chi connectivity index (χ3n) is 4.02. The Morgan fingerprint density at radius 2 is 2.17 bits per heavy atom. The van der Waals surface area contributed by atoms with E-state index < -0.39 is 5.97 Å². The summed E-state index contributed by atoms with van der Waals surface area (Å²) in [5.41, 5.74) is 3.23. The van der Waals surface area contributed by atoms with Gasteiger partial charge in [-0.1, -0.05) is 11.6 Å². The van der Waals surface area contributed by atoms with E-state index in [0.717, 1.165) is 29.6 Å². The minimum atomic E-state index is -0.496. The van der Waals surface area contributed by atoms with Crippen LogP contribution in [0.3, 0.4) is 0 Å². The summed E-state index contributed by atoms with van der Waals surface area (Å²) in [5, 5.41) is 5.14. The fourth-order valence-corrected chi connectivity index (χ4v) is 3.16. The molecule has 5 nitrogen and oxygen atoms in total. The van der Waals surface area contributed by atoms with E-state index in [4.69, 9.17) is 11.6 Å². The summed E-state index contributed by atoms with van der Waals surface area (Å²) in [4.78, 5) is 26.6. The third kappa shape index (κ3) is 3.68. The van der Waals surface area contributed by atoms with Crippen LogP contribution in [-0.2, 0) is 20.7 Å². The van der Waals surface area contributed by atoms with Crippen LogP contribution in [0.15, 0.2) is 18.2 Å². The minimum Gasteiger partial charge on any atom is -0.469 e. The Morgan fingerprint density at radius 3 is 2.91 bits per heavy atom. The van der Waals surface area contributed by atoms with Gasteiger partial charge in [0.2, 0.25) is 0 Å². The highest BCUT2D eigenvalue weighted by Crippen LogP contribution is 2.33. The number of benzene rings is 1. The number of nitrogens with one attached hydrogen (secondary N) is 2. The van der Waals surface area contributed by atoms with Crippen molar-refractivity contribution in [1.29, 1.82) is 0 Å². The summed E-state index contributed by atoms with van der Waals surface area (Å²) in [7, 11) is 1.29. The molecule has 0 spiro atoms. The topological polar surface area (TPSA) is 71.2 Å². The van der Waals surface area contributed by atoms with Crippen LogP contribution in [-0.4, -0.2) is 30.4 Å². The molecule has 1 atom stereocenters. The number of fused-ring (bicyclic) bond motifs is 3. The Kier molecular flexibility index (Phi) is 5.68. The Balaban J connectivity index is 0.00000192. The van der Waals surface area contributed by atoms with Crippen molar-refractivity contribution in [3.63, 3.8) is 0 Å². The molecule has 7 heteroatoms. The van der Waals surface area contributed by atoms with Gasteiger partial charge in [-0.05, 0) is 36.7 Å². The number of H-pyrrole nitrogens is 1. The maximum Gasteiger partial charge on any atom is 0.313 e. The zero-order valence-corrected chi connectivity index (χ0v) is 14.2. The molecular weight excluding hydrogens is 339 g/mol. The number of carbonyl (C=O) groups is 2. The van der Waals surface area contributed by atoms with Crippen molar-refractivity contribution < 1.29 is 14.3 Å². The molecular formula is C16H18Cl2N2O3. The van der Waals surface area contributed by atoms with E-state index in [-0.39, 0.29) is 37.1 Å². The second kappa shape index (κ2) is 7.34. The van der Waals surface area contributed by atoms with E-state index in [1.165, 1.54) is 12.7 Å². The molecule has 23 heavy (non-hydrogen) atoms. The van der Waals surface area contributed by atoms with Crippen LogP contribution in [0.1, 0.15) is 30.1 Å². The molecule has 1 aromatic carbocycles. The highest BCUT2D eigenvalue weighted by Gasteiger charge is 2.26. The lowest BCUT2D eigenvalue weighted by molar-refractivity contribution is -0.143. The summed E-state index contributed by atoms with van der Waals surface area (Å²) in [5.74, 6) is -0.627. The Bertz CT molecular complexity index is 742. The van der Waals surface area contributed by atoms with Gasteiger partial charge in [0.05, 0.1) is 13.2 Å². The van der Waals surface area contributed by atoms with Gasteiger partial charge in [0.15, 0.2) is 0 Å². The first-order valence-electron chi connectivity index (χ1n) is 7.20. The van der Waals surface area contributed by atoms with Gasteiger partial charge in [0, 0.05) is 28.0 Å². The quantitative estimate of drug-likeness (QED) is 0.652. The zero-order valence-electron chi connectivity index (χ0n) is 12.6. The number of aromatic amines is 1. The number of ketones is 1. The van der Waals surface area contributed by atoms with Crippen LogP contribution in [0.2, 0.25) is 5.02 Å². The van der Waals surface area contributed by atoms with Crippen molar-refractivity contribution >= 4 is 46.7 Å². The number of aromatic nitrogens is 1. The average Bonchev–Trinajstić information content (AvgIpc) is 2.86. The van der Waals surface area contributed by atoms with Gasteiger partial charge in [0.1, 0.15) is 12.2 Å². The van der Waals surface area contributed by atoms with Gasteiger partial charge in [-0.3, -0.25) is 9.59 Å². The second-order valence-corrected chi connectivity index (χ2v) is 5.90. The fraction of sp³-hybridized carbons (Fsp3) is 0.375. The predicted octanol–water partition coefficient (Wildman–Crippen LogP) is 2.95. The molecule has 1 aromatic heterocycles. The fourth-order valence-electron chi connectivity index (χ4n) is 2.99. The maximum absolute atomic E-state index is 12.0. The molecule has 0 fully saturated rings. The molecule has 2 heterocycles. The van der Waals surface area contributed by atoms with Crippen LogP contribution in [0.4, 0.5) is 0 Å². The van der Waals surface area contributed by atoms with Gasteiger partial charge in [0.25, 0.3) is 0 Å². The van der Waals surface area contributed by atoms with Crippen molar-refractivity contribution in [2.24, 2.45) is 0 Å². The molecule has 124 valence electrons. The molecule has 0 radical (unpaired) electrons. The lowest BCUT2D eigenvalue weighted by Gasteiger charge is -2.23. The summed E-state index contributed by atoms with van der Waals surface area (Å²) < 4.78 is 4.54. The summed E-state index contributed by atoms with van der Waals surface area (Å²) in [6.45, 7) is 0.794. The second-order valence-electron chi connectivity index (χ2n) is 5.46. The molecule has 2 N–H and O–H groups in total. The zero-order chi connectivity index (χ0) is 15.7. The molecule has 2 aromatic rings. The van der Waals surface area contributed by atoms with E-state index in [0.29, 0.717) is 5.02 Å². The van der Waals surface area contributed by atoms with Crippen LogP contribution in [0.25, 0.3) is 10.9 Å². The number of carbonyl (C=O) groups excluding carboxylic acids is 2. The van der Waals surface area contributed by atoms with Crippen LogP contribution < -0.4 is 5.32 Å². The van der Waals surface area contributed by atoms with Gasteiger partial charge < -0.3 is 15.0 Å². The molecule has 1 aliphatic heterocycles. The van der Waals surface area contributed by atoms with Crippen molar-refractivity contribution in [2.45, 2.75) is 25.3 Å². The lowest BCUT2D eigenvalue weighted by atomic mass is 9.95. The normalized spacial score (nSPS) is 16.5. The van der Waals surface area contributed by atoms with Crippen molar-refractivity contribution in [2.75, 3.05) is 13.7 Å². The van der Waals surface area contributed by atoms with E-state index >= 15 is 0 Å². The highest BCUT2D eigenvalue weighted by atomic mass is 35.5. The Hall–Kier alpha value is -1.56.